The fourth-order valence-electron chi connectivity index (χ4n) is 2.88. The van der Waals surface area contributed by atoms with Gasteiger partial charge in [-0.05, 0) is 37.0 Å². The largest absolute Gasteiger partial charge is 0.494 e. The van der Waals surface area contributed by atoms with Crippen LogP contribution in [0.2, 0.25) is 0 Å². The molecule has 0 atom stereocenters. The highest BCUT2D eigenvalue weighted by atomic mass is 31.2. The van der Waals surface area contributed by atoms with Crippen molar-refractivity contribution in [3.8, 4) is 5.75 Å². The molecule has 1 aliphatic rings. The summed E-state index contributed by atoms with van der Waals surface area (Å²) < 4.78 is 26.2. The van der Waals surface area contributed by atoms with Crippen molar-refractivity contribution in [3.05, 3.63) is 29.8 Å². The summed E-state index contributed by atoms with van der Waals surface area (Å²) in [6, 6.07) is 7.94. The van der Waals surface area contributed by atoms with E-state index in [1.165, 1.54) is 24.2 Å². The summed E-state index contributed by atoms with van der Waals surface area (Å²) in [6.45, 7) is 3.44. The minimum atomic E-state index is -4.51. The molecule has 8 nitrogen and oxygen atoms in total. The lowest BCUT2D eigenvalue weighted by Crippen LogP contribution is -2.54. The third-order valence-electron chi connectivity index (χ3n) is 4.39. The molecule has 2 N–H and O–H groups in total. The van der Waals surface area contributed by atoms with Gasteiger partial charge in [-0.2, -0.15) is 0 Å². The number of rotatable bonds is 12. The van der Waals surface area contributed by atoms with Crippen LogP contribution in [0.5, 0.6) is 5.75 Å². The first kappa shape index (κ1) is 22.7. The molecule has 9 heteroatoms. The summed E-state index contributed by atoms with van der Waals surface area (Å²) in [5.41, 5.74) is 1.13. The van der Waals surface area contributed by atoms with Crippen molar-refractivity contribution in [3.63, 3.8) is 0 Å². The molecule has 1 heterocycles. The number of unbranched alkanes of at least 4 members (excludes halogenated alkanes) is 3. The third-order valence-corrected chi connectivity index (χ3v) is 4.97. The monoisotopic (exact) mass is 415 g/mol. The smallest absolute Gasteiger partial charge is 0.469 e. The zero-order chi connectivity index (χ0) is 20.4. The molecule has 1 aromatic carbocycles. The Balaban J connectivity index is 1.59. The van der Waals surface area contributed by atoms with Crippen molar-refractivity contribution < 1.29 is 33.1 Å². The fourth-order valence-corrected chi connectivity index (χ4v) is 3.41. The Morgan fingerprint density at radius 2 is 1.96 bits per heavy atom. The molecule has 0 aliphatic carbocycles. The highest BCUT2D eigenvalue weighted by molar-refractivity contribution is 7.46. The van der Waals surface area contributed by atoms with Crippen LogP contribution in [-0.2, 0) is 20.2 Å². The minimum Gasteiger partial charge on any atom is -0.494 e. The Morgan fingerprint density at radius 1 is 1.18 bits per heavy atom. The van der Waals surface area contributed by atoms with Crippen LogP contribution in [0.25, 0.3) is 0 Å². The topological polar surface area (TPSA) is 106 Å². The van der Waals surface area contributed by atoms with Crippen LogP contribution >= 0.6 is 7.82 Å². The van der Waals surface area contributed by atoms with Crippen LogP contribution in [-0.4, -0.2) is 53.2 Å². The quantitative estimate of drug-likeness (QED) is 0.397. The number of carbonyl (C=O) groups excluding carboxylic acids is 1. The number of phosphoric ester groups is 1. The zero-order valence-electron chi connectivity index (χ0n) is 16.3. The summed E-state index contributed by atoms with van der Waals surface area (Å²) in [7, 11) is -4.51. The maximum absolute atomic E-state index is 11.8. The first-order valence-corrected chi connectivity index (χ1v) is 11.3. The van der Waals surface area contributed by atoms with E-state index < -0.39 is 20.0 Å². The molecule has 1 aliphatic heterocycles. The molecule has 1 saturated heterocycles. The van der Waals surface area contributed by atoms with Crippen LogP contribution in [0.1, 0.15) is 44.6 Å². The van der Waals surface area contributed by atoms with Crippen LogP contribution in [0.3, 0.4) is 0 Å². The molecule has 0 bridgehead atoms. The normalized spacial score (nSPS) is 14.6. The Kier molecular flexibility index (Phi) is 9.25. The van der Waals surface area contributed by atoms with Crippen molar-refractivity contribution >= 4 is 13.9 Å². The lowest BCUT2D eigenvalue weighted by Gasteiger charge is -2.37. The van der Waals surface area contributed by atoms with Crippen LogP contribution in [0.15, 0.2) is 24.3 Å². The van der Waals surface area contributed by atoms with Gasteiger partial charge in [0.25, 0.3) is 0 Å². The summed E-state index contributed by atoms with van der Waals surface area (Å²) in [5.74, 6) is 0.864. The number of ether oxygens (including phenoxy) is 2. The van der Waals surface area contributed by atoms with Gasteiger partial charge < -0.3 is 24.2 Å². The van der Waals surface area contributed by atoms with Gasteiger partial charge in [-0.1, -0.05) is 38.3 Å². The Morgan fingerprint density at radius 3 is 2.68 bits per heavy atom. The Bertz CT molecular complexity index is 657. The molecule has 0 aromatic heterocycles. The number of nitrogens with zero attached hydrogens (tertiary/aromatic N) is 1. The molecular formula is C19H30NO7P. The lowest BCUT2D eigenvalue weighted by molar-refractivity contribution is -0.00273. The molecule has 0 unspecified atom stereocenters. The maximum atomic E-state index is 11.8. The number of phosphoric acid groups is 1. The highest BCUT2D eigenvalue weighted by Gasteiger charge is 2.36. The lowest BCUT2D eigenvalue weighted by atomic mass is 10.1. The number of hydrogen-bond acceptors (Lipinski definition) is 5. The second-order valence-electron chi connectivity index (χ2n) is 6.90. The van der Waals surface area contributed by atoms with Crippen molar-refractivity contribution in [2.75, 3.05) is 26.3 Å². The first-order valence-electron chi connectivity index (χ1n) is 9.75. The predicted octanol–water partition coefficient (Wildman–Crippen LogP) is 3.51. The van der Waals surface area contributed by atoms with E-state index in [0.29, 0.717) is 6.42 Å². The van der Waals surface area contributed by atoms with E-state index in [0.717, 1.165) is 30.8 Å². The average molecular weight is 415 g/mol. The van der Waals surface area contributed by atoms with Crippen molar-refractivity contribution in [1.82, 2.24) is 4.90 Å². The molecule has 0 spiro atoms. The van der Waals surface area contributed by atoms with Crippen molar-refractivity contribution in [2.24, 2.45) is 0 Å². The Labute approximate surface area is 166 Å². The molecule has 0 radical (unpaired) electrons. The van der Waals surface area contributed by atoms with Crippen LogP contribution < -0.4 is 4.74 Å². The van der Waals surface area contributed by atoms with E-state index in [9.17, 15) is 9.36 Å². The second-order valence-corrected chi connectivity index (χ2v) is 8.09. The molecule has 158 valence electrons. The van der Waals surface area contributed by atoms with Crippen LogP contribution in [0.4, 0.5) is 4.79 Å². The van der Waals surface area contributed by atoms with E-state index in [2.05, 4.69) is 11.4 Å². The summed E-state index contributed by atoms with van der Waals surface area (Å²) in [4.78, 5) is 30.6. The standard InChI is InChI=1S/C19H30NO7P/c1-2-3-4-5-11-25-17-10-6-8-16(13-17)9-7-12-26-19(21)20-14-18(15-20)27-28(22,23)24/h6,8,10,13,18H,2-5,7,9,11-12,14-15H2,1H3,(H2,22,23,24). The van der Waals surface area contributed by atoms with E-state index in [4.69, 9.17) is 19.3 Å². The third kappa shape index (κ3) is 8.61. The average Bonchev–Trinajstić information content (AvgIpc) is 2.61. The maximum Gasteiger partial charge on any atom is 0.469 e. The molecule has 1 fully saturated rings. The van der Waals surface area contributed by atoms with Crippen LogP contribution in [0, 0.1) is 0 Å². The molecule has 28 heavy (non-hydrogen) atoms. The first-order chi connectivity index (χ1) is 13.4. The van der Waals surface area contributed by atoms with Gasteiger partial charge in [0, 0.05) is 0 Å². The number of aryl methyl sites for hydroxylation is 1. The molecule has 1 aromatic rings. The highest BCUT2D eigenvalue weighted by Crippen LogP contribution is 2.39. The zero-order valence-corrected chi connectivity index (χ0v) is 17.2. The number of amides is 1. The van der Waals surface area contributed by atoms with Gasteiger partial charge in [-0.15, -0.1) is 0 Å². The molecular weight excluding hydrogens is 385 g/mol. The van der Waals surface area contributed by atoms with E-state index in [-0.39, 0.29) is 19.7 Å². The van der Waals surface area contributed by atoms with Crippen molar-refractivity contribution in [1.29, 1.82) is 0 Å². The summed E-state index contributed by atoms with van der Waals surface area (Å²) in [5, 5.41) is 0. The van der Waals surface area contributed by atoms with E-state index in [1.54, 1.807) is 0 Å². The SMILES string of the molecule is CCCCCCOc1cccc(CCCOC(=O)N2CC(OP(=O)(O)O)C2)c1. The van der Waals surface area contributed by atoms with Gasteiger partial charge in [-0.25, -0.2) is 9.36 Å². The minimum absolute atomic E-state index is 0.127. The van der Waals surface area contributed by atoms with E-state index >= 15 is 0 Å². The summed E-state index contributed by atoms with van der Waals surface area (Å²) in [6.07, 6.45) is 5.01. The fraction of sp³-hybridized carbons (Fsp3) is 0.632. The van der Waals surface area contributed by atoms with Gasteiger partial charge in [0.2, 0.25) is 0 Å². The number of benzene rings is 1. The van der Waals surface area contributed by atoms with Gasteiger partial charge >= 0.3 is 13.9 Å². The van der Waals surface area contributed by atoms with Gasteiger partial charge in [0.1, 0.15) is 11.9 Å². The number of likely N-dealkylation sites (tertiary alicyclic amines) is 1. The summed E-state index contributed by atoms with van der Waals surface area (Å²) >= 11 is 0. The van der Waals surface area contributed by atoms with Gasteiger partial charge in [0.05, 0.1) is 26.3 Å². The molecule has 2 rings (SSSR count). The number of hydrogen-bond donors (Lipinski definition) is 2. The van der Waals surface area contributed by atoms with Gasteiger partial charge in [-0.3, -0.25) is 4.52 Å². The molecule has 0 saturated carbocycles. The van der Waals surface area contributed by atoms with Crippen molar-refractivity contribution in [2.45, 2.75) is 51.6 Å². The Hall–Kier alpha value is -1.60. The van der Waals surface area contributed by atoms with Gasteiger partial charge in [0.15, 0.2) is 0 Å². The van der Waals surface area contributed by atoms with E-state index in [1.807, 2.05) is 24.3 Å². The molecule has 1 amide bonds. The number of carbonyl (C=O) groups is 1. The second kappa shape index (κ2) is 11.4. The predicted molar refractivity (Wildman–Crippen MR) is 104 cm³/mol.